The van der Waals surface area contributed by atoms with E-state index in [1.54, 1.807) is 24.5 Å². The van der Waals surface area contributed by atoms with Gasteiger partial charge in [0.05, 0.1) is 12.2 Å². The van der Waals surface area contributed by atoms with Crippen LogP contribution in [-0.4, -0.2) is 25.5 Å². The Balaban J connectivity index is 1.69. The van der Waals surface area contributed by atoms with E-state index in [0.29, 0.717) is 5.69 Å². The summed E-state index contributed by atoms with van der Waals surface area (Å²) in [6.45, 7) is 1.84. The lowest BCUT2D eigenvalue weighted by molar-refractivity contribution is 0.0941. The molecule has 3 aromatic rings. The Kier molecular flexibility index (Phi) is 4.10. The summed E-state index contributed by atoms with van der Waals surface area (Å²) in [5.41, 5.74) is 1.62. The Hall–Kier alpha value is -2.90. The first kappa shape index (κ1) is 16.6. The monoisotopic (exact) mass is 357 g/mol. The number of nitrogens with one attached hydrogen (secondary N) is 1. The van der Waals surface area contributed by atoms with Crippen LogP contribution in [0.3, 0.4) is 0 Å². The van der Waals surface area contributed by atoms with Gasteiger partial charge in [0, 0.05) is 24.0 Å². The van der Waals surface area contributed by atoms with Crippen LogP contribution in [0.2, 0.25) is 0 Å². The van der Waals surface area contributed by atoms with Crippen molar-refractivity contribution < 1.29 is 13.6 Å². The lowest BCUT2D eigenvalue weighted by atomic mass is 10.1. The minimum absolute atomic E-state index is 0.170. The molecule has 1 aliphatic rings. The number of fused-ring (bicyclic) bond motifs is 1. The maximum Gasteiger partial charge on any atom is 0.280 e. The first-order valence-electron chi connectivity index (χ1n) is 8.42. The van der Waals surface area contributed by atoms with Gasteiger partial charge in [0.25, 0.3) is 12.3 Å². The largest absolute Gasteiger partial charge is 0.345 e. The lowest BCUT2D eigenvalue weighted by Crippen LogP contribution is -2.26. The number of rotatable bonds is 5. The third-order valence-corrected chi connectivity index (χ3v) is 4.54. The number of pyridine rings is 1. The maximum atomic E-state index is 13.4. The molecule has 0 saturated heterocycles. The van der Waals surface area contributed by atoms with E-state index in [4.69, 9.17) is 0 Å². The zero-order valence-corrected chi connectivity index (χ0v) is 14.1. The lowest BCUT2D eigenvalue weighted by Gasteiger charge is -2.13. The second kappa shape index (κ2) is 6.44. The smallest absolute Gasteiger partial charge is 0.280 e. The SMILES string of the molecule is C[C@H](NC(=O)c1cnn2c(C(F)F)cc(C3CC3)nc12)c1ccncc1. The highest BCUT2D eigenvalue weighted by Crippen LogP contribution is 2.40. The molecule has 0 radical (unpaired) electrons. The summed E-state index contributed by atoms with van der Waals surface area (Å²) < 4.78 is 27.9. The molecule has 1 aliphatic carbocycles. The minimum atomic E-state index is -2.69. The highest BCUT2D eigenvalue weighted by atomic mass is 19.3. The van der Waals surface area contributed by atoms with Crippen LogP contribution in [-0.2, 0) is 0 Å². The number of hydrogen-bond acceptors (Lipinski definition) is 4. The molecule has 8 heteroatoms. The third-order valence-electron chi connectivity index (χ3n) is 4.54. The Morgan fingerprint density at radius 3 is 2.69 bits per heavy atom. The van der Waals surface area contributed by atoms with E-state index in [1.165, 1.54) is 12.3 Å². The molecule has 1 atom stereocenters. The van der Waals surface area contributed by atoms with Gasteiger partial charge in [-0.3, -0.25) is 9.78 Å². The second-order valence-corrected chi connectivity index (χ2v) is 6.45. The topological polar surface area (TPSA) is 72.2 Å². The second-order valence-electron chi connectivity index (χ2n) is 6.45. The number of halogens is 2. The fourth-order valence-corrected chi connectivity index (χ4v) is 2.92. The van der Waals surface area contributed by atoms with Crippen molar-refractivity contribution in [3.63, 3.8) is 0 Å². The van der Waals surface area contributed by atoms with Gasteiger partial charge >= 0.3 is 0 Å². The summed E-state index contributed by atoms with van der Waals surface area (Å²) >= 11 is 0. The Morgan fingerprint density at radius 1 is 1.31 bits per heavy atom. The van der Waals surface area contributed by atoms with Crippen LogP contribution in [0.1, 0.15) is 65.5 Å². The predicted molar refractivity (Wildman–Crippen MR) is 90.0 cm³/mol. The van der Waals surface area contributed by atoms with Crippen molar-refractivity contribution in [2.75, 3.05) is 0 Å². The van der Waals surface area contributed by atoms with Crippen molar-refractivity contribution >= 4 is 11.6 Å². The fraction of sp³-hybridized carbons (Fsp3) is 0.333. The number of alkyl halides is 2. The van der Waals surface area contributed by atoms with Crippen molar-refractivity contribution in [2.45, 2.75) is 38.2 Å². The zero-order valence-electron chi connectivity index (χ0n) is 14.1. The molecule has 134 valence electrons. The summed E-state index contributed by atoms with van der Waals surface area (Å²) in [5.74, 6) is -0.205. The first-order chi connectivity index (χ1) is 12.5. The summed E-state index contributed by atoms with van der Waals surface area (Å²) in [7, 11) is 0. The summed E-state index contributed by atoms with van der Waals surface area (Å²) in [6, 6.07) is 4.74. The van der Waals surface area contributed by atoms with E-state index in [2.05, 4.69) is 20.4 Å². The molecule has 4 rings (SSSR count). The van der Waals surface area contributed by atoms with Crippen LogP contribution in [0.5, 0.6) is 0 Å². The average molecular weight is 357 g/mol. The number of aromatic nitrogens is 4. The van der Waals surface area contributed by atoms with Gasteiger partial charge in [-0.1, -0.05) is 0 Å². The molecule has 1 amide bonds. The van der Waals surface area contributed by atoms with Crippen molar-refractivity contribution in [1.29, 1.82) is 0 Å². The van der Waals surface area contributed by atoms with Gasteiger partial charge in [-0.25, -0.2) is 18.3 Å². The highest BCUT2D eigenvalue weighted by Gasteiger charge is 2.29. The zero-order chi connectivity index (χ0) is 18.3. The summed E-state index contributed by atoms with van der Waals surface area (Å²) in [6.07, 6.45) is 3.75. The molecule has 0 aliphatic heterocycles. The van der Waals surface area contributed by atoms with Crippen LogP contribution in [0.4, 0.5) is 8.78 Å². The summed E-state index contributed by atoms with van der Waals surface area (Å²) in [5, 5.41) is 6.82. The van der Waals surface area contributed by atoms with Gasteiger partial charge in [0.1, 0.15) is 11.3 Å². The molecule has 26 heavy (non-hydrogen) atoms. The molecule has 0 aromatic carbocycles. The predicted octanol–water partition coefficient (Wildman–Crippen LogP) is 3.43. The maximum absolute atomic E-state index is 13.4. The normalized spacial score (nSPS) is 15.4. The van der Waals surface area contributed by atoms with Crippen molar-refractivity contribution in [2.24, 2.45) is 0 Å². The number of amides is 1. The van der Waals surface area contributed by atoms with Crippen molar-refractivity contribution in [3.8, 4) is 0 Å². The minimum Gasteiger partial charge on any atom is -0.345 e. The van der Waals surface area contributed by atoms with E-state index in [1.807, 2.05) is 6.92 Å². The van der Waals surface area contributed by atoms with Crippen LogP contribution < -0.4 is 5.32 Å². The molecular formula is C18H17F2N5O. The fourth-order valence-electron chi connectivity index (χ4n) is 2.92. The third kappa shape index (κ3) is 3.02. The molecule has 0 unspecified atom stereocenters. The van der Waals surface area contributed by atoms with Gasteiger partial charge in [-0.05, 0) is 43.5 Å². The molecular weight excluding hydrogens is 340 g/mol. The van der Waals surface area contributed by atoms with Crippen LogP contribution in [0.15, 0.2) is 36.8 Å². The van der Waals surface area contributed by atoms with E-state index >= 15 is 0 Å². The van der Waals surface area contributed by atoms with Gasteiger partial charge in [0.15, 0.2) is 5.65 Å². The standard InChI is InChI=1S/C18H17F2N5O/c1-10(11-4-6-21-7-5-11)23-18(26)13-9-22-25-15(16(19)20)8-14(12-2-3-12)24-17(13)25/h4-10,12,16H,2-3H2,1H3,(H,23,26)/t10-/m0/s1. The number of hydrogen-bond donors (Lipinski definition) is 1. The Labute approximate surface area is 148 Å². The van der Waals surface area contributed by atoms with Crippen molar-refractivity contribution in [1.82, 2.24) is 24.9 Å². The van der Waals surface area contributed by atoms with Crippen LogP contribution >= 0.6 is 0 Å². The van der Waals surface area contributed by atoms with E-state index in [0.717, 1.165) is 22.9 Å². The molecule has 3 aromatic heterocycles. The van der Waals surface area contributed by atoms with E-state index in [9.17, 15) is 13.6 Å². The Morgan fingerprint density at radius 2 is 2.04 bits per heavy atom. The number of carbonyl (C=O) groups is 1. The summed E-state index contributed by atoms with van der Waals surface area (Å²) in [4.78, 5) is 21.1. The molecule has 1 N–H and O–H groups in total. The molecule has 0 bridgehead atoms. The van der Waals surface area contributed by atoms with E-state index in [-0.39, 0.29) is 28.9 Å². The molecule has 1 saturated carbocycles. The first-order valence-corrected chi connectivity index (χ1v) is 8.42. The quantitative estimate of drug-likeness (QED) is 0.759. The van der Waals surface area contributed by atoms with Gasteiger partial charge in [-0.15, -0.1) is 0 Å². The van der Waals surface area contributed by atoms with Gasteiger partial charge in [0.2, 0.25) is 0 Å². The van der Waals surface area contributed by atoms with E-state index < -0.39 is 12.3 Å². The van der Waals surface area contributed by atoms with Crippen LogP contribution in [0.25, 0.3) is 5.65 Å². The average Bonchev–Trinajstić information content (AvgIpc) is 3.40. The highest BCUT2D eigenvalue weighted by molar-refractivity contribution is 5.99. The molecule has 6 nitrogen and oxygen atoms in total. The van der Waals surface area contributed by atoms with Gasteiger partial charge < -0.3 is 5.32 Å². The van der Waals surface area contributed by atoms with Crippen LogP contribution in [0, 0.1) is 0 Å². The van der Waals surface area contributed by atoms with Crippen molar-refractivity contribution in [3.05, 3.63) is 59.3 Å². The Bertz CT molecular complexity index is 953. The number of nitrogens with zero attached hydrogens (tertiary/aromatic N) is 4. The molecule has 0 spiro atoms. The van der Waals surface area contributed by atoms with Gasteiger partial charge in [-0.2, -0.15) is 5.10 Å². The molecule has 3 heterocycles. The molecule has 1 fully saturated rings. The number of carbonyl (C=O) groups excluding carboxylic acids is 1.